The van der Waals surface area contributed by atoms with Crippen LogP contribution in [-0.4, -0.2) is 23.6 Å². The number of carbonyl (C=O) groups is 1. The van der Waals surface area contributed by atoms with Gasteiger partial charge in [-0.2, -0.15) is 0 Å². The van der Waals surface area contributed by atoms with Crippen molar-refractivity contribution in [1.82, 2.24) is 4.98 Å². The Morgan fingerprint density at radius 2 is 1.97 bits per heavy atom. The summed E-state index contributed by atoms with van der Waals surface area (Å²) < 4.78 is 18.9. The first-order valence-corrected chi connectivity index (χ1v) is 10.7. The van der Waals surface area contributed by atoms with Crippen molar-refractivity contribution in [3.05, 3.63) is 71.4 Å². The number of ether oxygens (including phenoxy) is 1. The maximum atomic E-state index is 13.2. The number of hydrogen-bond donors (Lipinski definition) is 0. The van der Waals surface area contributed by atoms with Gasteiger partial charge in [-0.1, -0.05) is 30.3 Å². The number of nitrogens with zero attached hydrogens (tertiary/aromatic N) is 2. The molecule has 1 amide bonds. The van der Waals surface area contributed by atoms with Crippen molar-refractivity contribution in [3.63, 3.8) is 0 Å². The molecule has 1 saturated heterocycles. The van der Waals surface area contributed by atoms with E-state index in [1.165, 1.54) is 23.5 Å². The summed E-state index contributed by atoms with van der Waals surface area (Å²) in [5, 5.41) is 2.57. The molecule has 0 aliphatic carbocycles. The lowest BCUT2D eigenvalue weighted by Gasteiger charge is -2.21. The van der Waals surface area contributed by atoms with E-state index >= 15 is 0 Å². The van der Waals surface area contributed by atoms with Crippen molar-refractivity contribution in [3.8, 4) is 11.3 Å². The first-order chi connectivity index (χ1) is 14.2. The SMILES string of the molecule is O=C(CCC1CCCO1)N(Cc1ccccc1)c1nc(-c2ccc(F)cc2)cs1. The molecule has 3 aromatic rings. The van der Waals surface area contributed by atoms with Crippen molar-refractivity contribution in [2.24, 2.45) is 0 Å². The fraction of sp³-hybridized carbons (Fsp3) is 0.304. The number of hydrogen-bond acceptors (Lipinski definition) is 4. The molecule has 1 aliphatic rings. The molecule has 1 unspecified atom stereocenters. The van der Waals surface area contributed by atoms with E-state index in [0.29, 0.717) is 18.1 Å². The largest absolute Gasteiger partial charge is 0.378 e. The molecule has 0 N–H and O–H groups in total. The monoisotopic (exact) mass is 410 g/mol. The highest BCUT2D eigenvalue weighted by atomic mass is 32.1. The zero-order valence-electron chi connectivity index (χ0n) is 16.1. The molecule has 29 heavy (non-hydrogen) atoms. The number of amides is 1. The van der Waals surface area contributed by atoms with E-state index in [2.05, 4.69) is 4.98 Å². The molecule has 1 atom stereocenters. The first-order valence-electron chi connectivity index (χ1n) is 9.86. The second-order valence-corrected chi connectivity index (χ2v) is 8.00. The summed E-state index contributed by atoms with van der Waals surface area (Å²) in [4.78, 5) is 19.5. The highest BCUT2D eigenvalue weighted by Gasteiger charge is 2.23. The number of aromatic nitrogens is 1. The minimum atomic E-state index is -0.279. The standard InChI is InChI=1S/C23H23FN2O2S/c24-19-10-8-18(9-11-19)21-16-29-23(25-21)26(15-17-5-2-1-3-6-17)22(27)13-12-20-7-4-14-28-20/h1-3,5-6,8-11,16,20H,4,7,12-15H2. The normalized spacial score (nSPS) is 16.1. The van der Waals surface area contributed by atoms with Gasteiger partial charge in [0, 0.05) is 24.0 Å². The molecule has 6 heteroatoms. The van der Waals surface area contributed by atoms with Crippen LogP contribution in [0.3, 0.4) is 0 Å². The van der Waals surface area contributed by atoms with Crippen LogP contribution in [-0.2, 0) is 16.1 Å². The first kappa shape index (κ1) is 19.7. The zero-order chi connectivity index (χ0) is 20.1. The van der Waals surface area contributed by atoms with E-state index in [1.807, 2.05) is 35.7 Å². The van der Waals surface area contributed by atoms with E-state index in [-0.39, 0.29) is 17.8 Å². The maximum Gasteiger partial charge on any atom is 0.229 e. The molecule has 0 radical (unpaired) electrons. The van der Waals surface area contributed by atoms with E-state index < -0.39 is 0 Å². The number of thiazole rings is 1. The quantitative estimate of drug-likeness (QED) is 0.521. The van der Waals surface area contributed by atoms with Crippen LogP contribution in [0, 0.1) is 5.82 Å². The summed E-state index contributed by atoms with van der Waals surface area (Å²) in [6, 6.07) is 16.2. The Kier molecular flexibility index (Phi) is 6.32. The molecule has 1 fully saturated rings. The van der Waals surface area contributed by atoms with Gasteiger partial charge < -0.3 is 4.74 Å². The molecule has 4 nitrogen and oxygen atoms in total. The van der Waals surface area contributed by atoms with Gasteiger partial charge in [-0.25, -0.2) is 9.37 Å². The summed E-state index contributed by atoms with van der Waals surface area (Å²) in [5.41, 5.74) is 2.63. The molecule has 2 aromatic carbocycles. The topological polar surface area (TPSA) is 42.4 Å². The minimum Gasteiger partial charge on any atom is -0.378 e. The molecule has 1 aliphatic heterocycles. The van der Waals surface area contributed by atoms with E-state index in [4.69, 9.17) is 4.74 Å². The summed E-state index contributed by atoms with van der Waals surface area (Å²) in [5.74, 6) is -0.233. The average Bonchev–Trinajstić information content (AvgIpc) is 3.44. The second kappa shape index (κ2) is 9.29. The lowest BCUT2D eigenvalue weighted by atomic mass is 10.1. The van der Waals surface area contributed by atoms with Gasteiger partial charge >= 0.3 is 0 Å². The van der Waals surface area contributed by atoms with Gasteiger partial charge in [0.1, 0.15) is 5.82 Å². The smallest absolute Gasteiger partial charge is 0.229 e. The van der Waals surface area contributed by atoms with Crippen LogP contribution in [0.25, 0.3) is 11.3 Å². The van der Waals surface area contributed by atoms with Crippen molar-refractivity contribution in [2.75, 3.05) is 11.5 Å². The molecular weight excluding hydrogens is 387 g/mol. The van der Waals surface area contributed by atoms with Crippen LogP contribution in [0.5, 0.6) is 0 Å². The van der Waals surface area contributed by atoms with Gasteiger partial charge in [-0.3, -0.25) is 9.69 Å². The second-order valence-electron chi connectivity index (χ2n) is 7.16. The number of anilines is 1. The lowest BCUT2D eigenvalue weighted by Crippen LogP contribution is -2.31. The molecular formula is C23H23FN2O2S. The van der Waals surface area contributed by atoms with Crippen LogP contribution in [0.15, 0.2) is 60.0 Å². The fourth-order valence-corrected chi connectivity index (χ4v) is 4.31. The van der Waals surface area contributed by atoms with Crippen molar-refractivity contribution in [1.29, 1.82) is 0 Å². The summed E-state index contributed by atoms with van der Waals surface area (Å²) in [6.07, 6.45) is 3.45. The number of benzene rings is 2. The van der Waals surface area contributed by atoms with Crippen LogP contribution >= 0.6 is 11.3 Å². The zero-order valence-corrected chi connectivity index (χ0v) is 16.9. The van der Waals surface area contributed by atoms with Gasteiger partial charge in [0.2, 0.25) is 5.91 Å². The van der Waals surface area contributed by atoms with Gasteiger partial charge in [-0.05, 0) is 49.1 Å². The highest BCUT2D eigenvalue weighted by molar-refractivity contribution is 7.14. The summed E-state index contributed by atoms with van der Waals surface area (Å²) >= 11 is 1.43. The Morgan fingerprint density at radius 1 is 1.17 bits per heavy atom. The van der Waals surface area contributed by atoms with E-state index in [1.54, 1.807) is 17.0 Å². The van der Waals surface area contributed by atoms with Gasteiger partial charge in [0.25, 0.3) is 0 Å². The van der Waals surface area contributed by atoms with Gasteiger partial charge in [0.05, 0.1) is 18.3 Å². The maximum absolute atomic E-state index is 13.2. The van der Waals surface area contributed by atoms with E-state index in [9.17, 15) is 9.18 Å². The molecule has 0 spiro atoms. The van der Waals surface area contributed by atoms with Crippen LogP contribution in [0.2, 0.25) is 0 Å². The summed E-state index contributed by atoms with van der Waals surface area (Å²) in [6.45, 7) is 1.27. The molecule has 150 valence electrons. The Morgan fingerprint density at radius 3 is 2.69 bits per heavy atom. The fourth-order valence-electron chi connectivity index (χ4n) is 3.46. The number of carbonyl (C=O) groups excluding carboxylic acids is 1. The molecule has 2 heterocycles. The van der Waals surface area contributed by atoms with Gasteiger partial charge in [0.15, 0.2) is 5.13 Å². The van der Waals surface area contributed by atoms with Gasteiger partial charge in [-0.15, -0.1) is 11.3 Å². The van der Waals surface area contributed by atoms with Crippen molar-refractivity contribution >= 4 is 22.4 Å². The van der Waals surface area contributed by atoms with Crippen LogP contribution in [0.1, 0.15) is 31.2 Å². The highest BCUT2D eigenvalue weighted by Crippen LogP contribution is 2.29. The predicted octanol–water partition coefficient (Wildman–Crippen LogP) is 5.44. The summed E-state index contributed by atoms with van der Waals surface area (Å²) in [7, 11) is 0. The van der Waals surface area contributed by atoms with Crippen molar-refractivity contribution in [2.45, 2.75) is 38.3 Å². The third kappa shape index (κ3) is 5.08. The molecule has 4 rings (SSSR count). The van der Waals surface area contributed by atoms with Crippen LogP contribution in [0.4, 0.5) is 9.52 Å². The van der Waals surface area contributed by atoms with Crippen LogP contribution < -0.4 is 4.90 Å². The third-order valence-corrected chi connectivity index (χ3v) is 5.92. The number of rotatable bonds is 7. The Bertz CT molecular complexity index is 937. The Balaban J connectivity index is 1.54. The molecule has 0 saturated carbocycles. The Labute approximate surface area is 174 Å². The molecule has 1 aromatic heterocycles. The molecule has 0 bridgehead atoms. The average molecular weight is 411 g/mol. The van der Waals surface area contributed by atoms with Crippen molar-refractivity contribution < 1.29 is 13.9 Å². The minimum absolute atomic E-state index is 0.0457. The Hall–Kier alpha value is -2.57. The lowest BCUT2D eigenvalue weighted by molar-refractivity contribution is -0.119. The van der Waals surface area contributed by atoms with E-state index in [0.717, 1.165) is 42.7 Å². The number of halogens is 1. The predicted molar refractivity (Wildman–Crippen MR) is 113 cm³/mol. The third-order valence-electron chi connectivity index (χ3n) is 5.05.